The van der Waals surface area contributed by atoms with Gasteiger partial charge >= 0.3 is 0 Å². The second-order valence-corrected chi connectivity index (χ2v) is 10.00. The number of carbonyl (C=O) groups excluding carboxylic acids is 1. The Morgan fingerprint density at radius 1 is 1.00 bits per heavy atom. The van der Waals surface area contributed by atoms with Crippen molar-refractivity contribution in [1.82, 2.24) is 9.99 Å². The molecule has 0 saturated heterocycles. The molecular formula is C26H23N3O3S2. The summed E-state index contributed by atoms with van der Waals surface area (Å²) < 4.78 is 12.6. The third-order valence-corrected chi connectivity index (χ3v) is 7.85. The van der Waals surface area contributed by atoms with Crippen molar-refractivity contribution in [2.75, 3.05) is 20.0 Å². The lowest BCUT2D eigenvalue weighted by Crippen LogP contribution is -2.28. The molecule has 4 aromatic rings. The molecule has 34 heavy (non-hydrogen) atoms. The molecule has 5 rings (SSSR count). The number of benzene rings is 3. The maximum Gasteiger partial charge on any atom is 0.253 e. The highest BCUT2D eigenvalue weighted by molar-refractivity contribution is 8.01. The molecule has 0 aliphatic carbocycles. The second-order valence-electron chi connectivity index (χ2n) is 7.74. The fraction of sp³-hybridized carbons (Fsp3) is 0.192. The van der Waals surface area contributed by atoms with Crippen LogP contribution >= 0.6 is 23.1 Å². The standard InChI is InChI=1S/C26H23N3O3S2/c1-31-19-11-7-17(8-12-19)22-15-23(18-9-13-20(32-2)14-10-18)29(28-22)25(30)16-33-26-27-21-5-3-4-6-24(21)34-26/h3-14,23H,15-16H2,1-2H3/t23-/m1/s1. The van der Waals surface area contributed by atoms with Gasteiger partial charge in [-0.25, -0.2) is 9.99 Å². The number of ether oxygens (including phenoxy) is 2. The van der Waals surface area contributed by atoms with E-state index in [2.05, 4.69) is 4.98 Å². The summed E-state index contributed by atoms with van der Waals surface area (Å²) in [5.74, 6) is 1.79. The molecule has 0 radical (unpaired) electrons. The van der Waals surface area contributed by atoms with Crippen LogP contribution in [0.4, 0.5) is 0 Å². The topological polar surface area (TPSA) is 64.0 Å². The van der Waals surface area contributed by atoms with Crippen LogP contribution < -0.4 is 9.47 Å². The van der Waals surface area contributed by atoms with Crippen LogP contribution in [0.25, 0.3) is 10.2 Å². The Kier molecular flexibility index (Phi) is 6.51. The SMILES string of the molecule is COc1ccc(C2=NN(C(=O)CSc3nc4ccccc4s3)[C@@H](c3ccc(OC)cc3)C2)cc1. The predicted molar refractivity (Wildman–Crippen MR) is 137 cm³/mol. The number of para-hydroxylation sites is 1. The summed E-state index contributed by atoms with van der Waals surface area (Å²) in [7, 11) is 3.29. The fourth-order valence-electron chi connectivity index (χ4n) is 3.89. The van der Waals surface area contributed by atoms with Crippen molar-refractivity contribution in [2.45, 2.75) is 16.8 Å². The van der Waals surface area contributed by atoms with Gasteiger partial charge in [0.15, 0.2) is 4.34 Å². The van der Waals surface area contributed by atoms with Crippen LogP contribution in [-0.2, 0) is 4.79 Å². The summed E-state index contributed by atoms with van der Waals surface area (Å²) in [6, 6.07) is 23.4. The normalized spacial score (nSPS) is 15.4. The van der Waals surface area contributed by atoms with Crippen LogP contribution in [0.1, 0.15) is 23.6 Å². The van der Waals surface area contributed by atoms with E-state index in [1.165, 1.54) is 11.8 Å². The molecule has 0 fully saturated rings. The number of hydrogen-bond acceptors (Lipinski definition) is 7. The zero-order chi connectivity index (χ0) is 23.5. The number of thioether (sulfide) groups is 1. The van der Waals surface area contributed by atoms with Crippen LogP contribution in [0.5, 0.6) is 11.5 Å². The summed E-state index contributed by atoms with van der Waals surface area (Å²) in [5.41, 5.74) is 3.83. The summed E-state index contributed by atoms with van der Waals surface area (Å²) in [6.45, 7) is 0. The number of amides is 1. The van der Waals surface area contributed by atoms with E-state index in [1.54, 1.807) is 30.6 Å². The molecule has 1 aliphatic rings. The van der Waals surface area contributed by atoms with Gasteiger partial charge in [0.1, 0.15) is 11.5 Å². The number of hydrazone groups is 1. The monoisotopic (exact) mass is 489 g/mol. The number of carbonyl (C=O) groups is 1. The van der Waals surface area contributed by atoms with Crippen molar-refractivity contribution in [2.24, 2.45) is 5.10 Å². The Labute approximate surface area is 206 Å². The van der Waals surface area contributed by atoms with Crippen LogP contribution in [0.3, 0.4) is 0 Å². The van der Waals surface area contributed by atoms with Gasteiger partial charge in [-0.15, -0.1) is 11.3 Å². The van der Waals surface area contributed by atoms with Crippen LogP contribution in [-0.4, -0.2) is 41.6 Å². The van der Waals surface area contributed by atoms with Crippen molar-refractivity contribution in [3.05, 3.63) is 83.9 Å². The number of thiazole rings is 1. The molecule has 0 saturated carbocycles. The quantitative estimate of drug-likeness (QED) is 0.308. The van der Waals surface area contributed by atoms with Crippen LogP contribution in [0.2, 0.25) is 0 Å². The molecule has 0 bridgehead atoms. The Bertz CT molecular complexity index is 1300. The van der Waals surface area contributed by atoms with Gasteiger partial charge in [0.05, 0.1) is 41.9 Å². The van der Waals surface area contributed by atoms with Gasteiger partial charge in [-0.3, -0.25) is 4.79 Å². The van der Waals surface area contributed by atoms with Crippen molar-refractivity contribution >= 4 is 44.9 Å². The Morgan fingerprint density at radius 3 is 2.35 bits per heavy atom. The van der Waals surface area contributed by atoms with E-state index in [0.717, 1.165) is 42.9 Å². The summed E-state index contributed by atoms with van der Waals surface area (Å²) in [6.07, 6.45) is 0.635. The number of fused-ring (bicyclic) bond motifs is 1. The Morgan fingerprint density at radius 2 is 1.68 bits per heavy atom. The summed E-state index contributed by atoms with van der Waals surface area (Å²) >= 11 is 3.06. The molecule has 1 amide bonds. The predicted octanol–water partition coefficient (Wildman–Crippen LogP) is 5.78. The smallest absolute Gasteiger partial charge is 0.253 e. The molecule has 0 unspecified atom stereocenters. The molecule has 0 N–H and O–H groups in total. The minimum atomic E-state index is -0.175. The van der Waals surface area contributed by atoms with E-state index in [0.29, 0.717) is 6.42 Å². The van der Waals surface area contributed by atoms with E-state index >= 15 is 0 Å². The minimum Gasteiger partial charge on any atom is -0.497 e. The summed E-state index contributed by atoms with van der Waals surface area (Å²) in [5, 5.41) is 6.39. The third kappa shape index (κ3) is 4.64. The van der Waals surface area contributed by atoms with E-state index < -0.39 is 0 Å². The van der Waals surface area contributed by atoms with Gasteiger partial charge in [-0.2, -0.15) is 5.10 Å². The first kappa shape index (κ1) is 22.4. The number of methoxy groups -OCH3 is 2. The van der Waals surface area contributed by atoms with Gasteiger partial charge < -0.3 is 9.47 Å². The maximum absolute atomic E-state index is 13.3. The Balaban J connectivity index is 1.38. The van der Waals surface area contributed by atoms with E-state index in [1.807, 2.05) is 72.8 Å². The lowest BCUT2D eigenvalue weighted by atomic mass is 9.98. The van der Waals surface area contributed by atoms with Crippen molar-refractivity contribution in [3.63, 3.8) is 0 Å². The summed E-state index contributed by atoms with van der Waals surface area (Å²) in [4.78, 5) is 18.0. The first-order chi connectivity index (χ1) is 16.6. The van der Waals surface area contributed by atoms with E-state index in [4.69, 9.17) is 14.6 Å². The van der Waals surface area contributed by atoms with Crippen molar-refractivity contribution < 1.29 is 14.3 Å². The highest BCUT2D eigenvalue weighted by atomic mass is 32.2. The maximum atomic E-state index is 13.3. The zero-order valence-electron chi connectivity index (χ0n) is 18.8. The fourth-order valence-corrected chi connectivity index (χ4v) is 5.81. The molecular weight excluding hydrogens is 466 g/mol. The highest BCUT2D eigenvalue weighted by Gasteiger charge is 2.33. The highest BCUT2D eigenvalue weighted by Crippen LogP contribution is 2.35. The lowest BCUT2D eigenvalue weighted by Gasteiger charge is -2.22. The third-order valence-electron chi connectivity index (χ3n) is 5.68. The number of nitrogens with zero attached hydrogens (tertiary/aromatic N) is 3. The van der Waals surface area contributed by atoms with Gasteiger partial charge in [0.2, 0.25) is 0 Å². The first-order valence-electron chi connectivity index (χ1n) is 10.8. The number of rotatable bonds is 7. The number of hydrogen-bond donors (Lipinski definition) is 0. The largest absolute Gasteiger partial charge is 0.497 e. The van der Waals surface area contributed by atoms with Gasteiger partial charge in [-0.1, -0.05) is 36.0 Å². The molecule has 172 valence electrons. The van der Waals surface area contributed by atoms with Gasteiger partial charge in [0.25, 0.3) is 5.91 Å². The van der Waals surface area contributed by atoms with Gasteiger partial charge in [-0.05, 0) is 59.7 Å². The van der Waals surface area contributed by atoms with Crippen LogP contribution in [0, 0.1) is 0 Å². The lowest BCUT2D eigenvalue weighted by molar-refractivity contribution is -0.130. The van der Waals surface area contributed by atoms with Crippen molar-refractivity contribution in [1.29, 1.82) is 0 Å². The molecule has 1 aliphatic heterocycles. The minimum absolute atomic E-state index is 0.0476. The molecule has 3 aromatic carbocycles. The average molecular weight is 490 g/mol. The van der Waals surface area contributed by atoms with E-state index in [-0.39, 0.29) is 17.7 Å². The molecule has 1 aromatic heterocycles. The second kappa shape index (κ2) is 9.87. The number of aromatic nitrogens is 1. The zero-order valence-corrected chi connectivity index (χ0v) is 20.4. The molecule has 1 atom stereocenters. The molecule has 6 nitrogen and oxygen atoms in total. The van der Waals surface area contributed by atoms with Crippen molar-refractivity contribution in [3.8, 4) is 11.5 Å². The molecule has 2 heterocycles. The van der Waals surface area contributed by atoms with E-state index in [9.17, 15) is 4.79 Å². The average Bonchev–Trinajstić information content (AvgIpc) is 3.52. The van der Waals surface area contributed by atoms with Crippen LogP contribution in [0.15, 0.2) is 82.2 Å². The first-order valence-corrected chi connectivity index (χ1v) is 12.6. The Hall–Kier alpha value is -3.36. The molecule has 8 heteroatoms. The van der Waals surface area contributed by atoms with Gasteiger partial charge in [0, 0.05) is 6.42 Å². The molecule has 0 spiro atoms.